The second kappa shape index (κ2) is 7.13. The zero-order chi connectivity index (χ0) is 15.3. The van der Waals surface area contributed by atoms with Crippen molar-refractivity contribution >= 4 is 21.8 Å². The average Bonchev–Trinajstić information content (AvgIpc) is 2.33. The Labute approximate surface area is 125 Å². The van der Waals surface area contributed by atoms with Crippen LogP contribution in [0.5, 0.6) is 0 Å². The number of benzene rings is 1. The van der Waals surface area contributed by atoms with E-state index >= 15 is 0 Å². The van der Waals surface area contributed by atoms with Gasteiger partial charge in [-0.1, -0.05) is 29.8 Å². The molecule has 1 rings (SSSR count). The average molecular weight is 350 g/mol. The van der Waals surface area contributed by atoms with E-state index < -0.39 is 23.1 Å². The molecule has 0 aliphatic rings. The van der Waals surface area contributed by atoms with E-state index in [4.69, 9.17) is 4.74 Å². The van der Waals surface area contributed by atoms with Crippen LogP contribution >= 0.6 is 15.9 Å². The lowest BCUT2D eigenvalue weighted by Gasteiger charge is -2.24. The van der Waals surface area contributed by atoms with E-state index in [1.54, 1.807) is 7.11 Å². The fourth-order valence-electron chi connectivity index (χ4n) is 1.63. The van der Waals surface area contributed by atoms with Gasteiger partial charge in [0.25, 0.3) is 5.91 Å². The number of rotatable bonds is 6. The van der Waals surface area contributed by atoms with Crippen LogP contribution in [0.2, 0.25) is 0 Å². The Balaban J connectivity index is 2.73. The van der Waals surface area contributed by atoms with Crippen LogP contribution in [0, 0.1) is 17.0 Å². The second-order valence-electron chi connectivity index (χ2n) is 5.33. The first kappa shape index (κ1) is 17.0. The molecule has 20 heavy (non-hydrogen) atoms. The van der Waals surface area contributed by atoms with Crippen molar-refractivity contribution in [2.24, 2.45) is 5.41 Å². The second-order valence-corrected chi connectivity index (χ2v) is 6.25. The molecule has 1 aromatic rings. The van der Waals surface area contributed by atoms with Crippen LogP contribution in [-0.2, 0) is 4.74 Å². The first-order valence-electron chi connectivity index (χ1n) is 6.18. The highest BCUT2D eigenvalue weighted by Gasteiger charge is 2.22. The fraction of sp³-hybridized carbons (Fsp3) is 0.500. The van der Waals surface area contributed by atoms with Crippen LogP contribution in [0.3, 0.4) is 0 Å². The highest BCUT2D eigenvalue weighted by molar-refractivity contribution is 9.10. The van der Waals surface area contributed by atoms with Gasteiger partial charge < -0.3 is 10.1 Å². The van der Waals surface area contributed by atoms with Crippen molar-refractivity contribution in [3.63, 3.8) is 0 Å². The lowest BCUT2D eigenvalue weighted by Crippen LogP contribution is -2.35. The van der Waals surface area contributed by atoms with Crippen molar-refractivity contribution in [3.8, 4) is 0 Å². The molecular formula is C14H18BrF2NO2. The maximum atomic E-state index is 13.6. The largest absolute Gasteiger partial charge is 0.385 e. The van der Waals surface area contributed by atoms with Gasteiger partial charge in [-0.25, -0.2) is 8.78 Å². The quantitative estimate of drug-likeness (QED) is 0.853. The number of carbonyl (C=O) groups excluding carboxylic acids is 1. The van der Waals surface area contributed by atoms with Gasteiger partial charge in [0.1, 0.15) is 17.2 Å². The Morgan fingerprint density at radius 2 is 1.90 bits per heavy atom. The molecule has 3 nitrogen and oxygen atoms in total. The summed E-state index contributed by atoms with van der Waals surface area (Å²) in [6.07, 6.45) is 0.731. The number of ether oxygens (including phenoxy) is 1. The van der Waals surface area contributed by atoms with Crippen molar-refractivity contribution in [2.45, 2.75) is 20.3 Å². The predicted molar refractivity (Wildman–Crippen MR) is 76.7 cm³/mol. The molecule has 0 fully saturated rings. The minimum atomic E-state index is -0.885. The summed E-state index contributed by atoms with van der Waals surface area (Å²) in [7, 11) is 1.60. The minimum Gasteiger partial charge on any atom is -0.385 e. The van der Waals surface area contributed by atoms with Crippen molar-refractivity contribution in [3.05, 3.63) is 33.8 Å². The van der Waals surface area contributed by atoms with E-state index in [1.165, 1.54) is 0 Å². The van der Waals surface area contributed by atoms with Crippen LogP contribution in [0.1, 0.15) is 30.6 Å². The van der Waals surface area contributed by atoms with Crippen molar-refractivity contribution in [1.29, 1.82) is 0 Å². The third-order valence-electron chi connectivity index (χ3n) is 2.94. The van der Waals surface area contributed by atoms with Gasteiger partial charge in [-0.2, -0.15) is 0 Å². The van der Waals surface area contributed by atoms with E-state index in [0.717, 1.165) is 18.6 Å². The van der Waals surface area contributed by atoms with Gasteiger partial charge >= 0.3 is 0 Å². The third kappa shape index (κ3) is 4.83. The number of carbonyl (C=O) groups is 1. The number of amides is 1. The molecule has 0 unspecified atom stereocenters. The number of hydrogen-bond acceptors (Lipinski definition) is 2. The van der Waals surface area contributed by atoms with Gasteiger partial charge in [0.15, 0.2) is 0 Å². The van der Waals surface area contributed by atoms with E-state index in [2.05, 4.69) is 21.2 Å². The number of methoxy groups -OCH3 is 1. The number of halogens is 3. The summed E-state index contributed by atoms with van der Waals surface area (Å²) < 4.78 is 32.5. The molecule has 0 aliphatic carbocycles. The monoisotopic (exact) mass is 349 g/mol. The summed E-state index contributed by atoms with van der Waals surface area (Å²) >= 11 is 2.97. The van der Waals surface area contributed by atoms with Crippen LogP contribution in [-0.4, -0.2) is 26.2 Å². The highest BCUT2D eigenvalue weighted by atomic mass is 79.9. The Kier molecular flexibility index (Phi) is 6.07. The van der Waals surface area contributed by atoms with Crippen LogP contribution in [0.4, 0.5) is 8.78 Å². The molecule has 0 spiro atoms. The molecule has 1 N–H and O–H groups in total. The molecule has 0 heterocycles. The Hall–Kier alpha value is -1.01. The topological polar surface area (TPSA) is 38.3 Å². The molecule has 0 saturated heterocycles. The normalized spacial score (nSPS) is 11.5. The highest BCUT2D eigenvalue weighted by Crippen LogP contribution is 2.21. The first-order valence-corrected chi connectivity index (χ1v) is 6.98. The molecule has 6 heteroatoms. The summed E-state index contributed by atoms with van der Waals surface area (Å²) in [4.78, 5) is 11.9. The summed E-state index contributed by atoms with van der Waals surface area (Å²) in [5.74, 6) is -2.52. The molecule has 0 bridgehead atoms. The van der Waals surface area contributed by atoms with Gasteiger partial charge in [-0.15, -0.1) is 0 Å². The van der Waals surface area contributed by atoms with E-state index in [9.17, 15) is 13.6 Å². The smallest absolute Gasteiger partial charge is 0.257 e. The molecule has 0 saturated carbocycles. The fourth-order valence-corrected chi connectivity index (χ4v) is 2.04. The Bertz CT molecular complexity index is 469. The molecule has 1 aromatic carbocycles. The summed E-state index contributed by atoms with van der Waals surface area (Å²) in [5.41, 5.74) is -0.774. The number of nitrogens with one attached hydrogen (secondary N) is 1. The van der Waals surface area contributed by atoms with Crippen molar-refractivity contribution < 1.29 is 18.3 Å². The lowest BCUT2D eigenvalue weighted by molar-refractivity contribution is 0.0912. The molecule has 0 atom stereocenters. The van der Waals surface area contributed by atoms with Crippen LogP contribution in [0.15, 0.2) is 16.6 Å². The maximum absolute atomic E-state index is 13.6. The first-order chi connectivity index (χ1) is 9.26. The molecule has 0 aromatic heterocycles. The van der Waals surface area contributed by atoms with E-state index in [0.29, 0.717) is 13.2 Å². The maximum Gasteiger partial charge on any atom is 0.257 e. The molecule has 112 valence electrons. The zero-order valence-corrected chi connectivity index (χ0v) is 13.3. The minimum absolute atomic E-state index is 0.214. The van der Waals surface area contributed by atoms with Gasteiger partial charge in [0, 0.05) is 24.7 Å². The van der Waals surface area contributed by atoms with Gasteiger partial charge in [-0.3, -0.25) is 4.79 Å². The predicted octanol–water partition coefficient (Wildman–Crippen LogP) is 3.52. The van der Waals surface area contributed by atoms with Gasteiger partial charge in [0.2, 0.25) is 0 Å². The summed E-state index contributed by atoms with van der Waals surface area (Å²) in [6.45, 7) is 4.76. The summed E-state index contributed by atoms with van der Waals surface area (Å²) in [5, 5.41) is 2.56. The Morgan fingerprint density at radius 1 is 1.35 bits per heavy atom. The molecule has 0 aliphatic heterocycles. The van der Waals surface area contributed by atoms with Crippen molar-refractivity contribution in [1.82, 2.24) is 5.32 Å². The molecule has 1 amide bonds. The summed E-state index contributed by atoms with van der Waals surface area (Å²) in [6, 6.07) is 2.13. The van der Waals surface area contributed by atoms with Gasteiger partial charge in [0.05, 0.1) is 0 Å². The molecule has 0 radical (unpaired) electrons. The Morgan fingerprint density at radius 3 is 2.40 bits per heavy atom. The zero-order valence-electron chi connectivity index (χ0n) is 11.7. The van der Waals surface area contributed by atoms with Gasteiger partial charge in [-0.05, 0) is 24.0 Å². The van der Waals surface area contributed by atoms with E-state index in [-0.39, 0.29) is 9.89 Å². The van der Waals surface area contributed by atoms with Crippen LogP contribution in [0.25, 0.3) is 0 Å². The molecular weight excluding hydrogens is 332 g/mol. The number of hydrogen-bond donors (Lipinski definition) is 1. The third-order valence-corrected chi connectivity index (χ3v) is 3.40. The van der Waals surface area contributed by atoms with Crippen molar-refractivity contribution in [2.75, 3.05) is 20.3 Å². The standard InChI is InChI=1S/C14H18BrF2NO2/c1-14(2,4-5-20-3)8-18-13(19)12-10(16)6-9(15)7-11(12)17/h6-7H,4-5,8H2,1-3H3,(H,18,19). The SMILES string of the molecule is COCCC(C)(C)CNC(=O)c1c(F)cc(Br)cc1F. The lowest BCUT2D eigenvalue weighted by atomic mass is 9.89. The van der Waals surface area contributed by atoms with E-state index in [1.807, 2.05) is 13.8 Å². The van der Waals surface area contributed by atoms with Crippen LogP contribution < -0.4 is 5.32 Å².